The number of fused-ring (bicyclic) bond motifs is 1. The summed E-state index contributed by atoms with van der Waals surface area (Å²) in [6, 6.07) is 17.2. The van der Waals surface area contributed by atoms with Gasteiger partial charge in [0.25, 0.3) is 0 Å². The highest BCUT2D eigenvalue weighted by Gasteiger charge is 2.35. The molecule has 12 heteroatoms. The quantitative estimate of drug-likeness (QED) is 0.116. The van der Waals surface area contributed by atoms with Crippen molar-refractivity contribution >= 4 is 28.5 Å². The lowest BCUT2D eigenvalue weighted by molar-refractivity contribution is -0.138. The van der Waals surface area contributed by atoms with Crippen molar-refractivity contribution < 1.29 is 29.3 Å². The SMILES string of the molecule is O=C(N[C@@H](CC1CCCCC1)[C@@H](O)[C@@H](O)CCc1ccccn1)C(Cc1c[nH]cn1)NC(=O)C(CC(=O)N1CCOCC1)c1cccc2ccccc12. The number of benzene rings is 2. The Morgan fingerprint density at radius 1 is 0.887 bits per heavy atom. The molecule has 282 valence electrons. The topological polar surface area (TPSA) is 170 Å². The maximum Gasteiger partial charge on any atom is 0.243 e. The molecule has 2 aliphatic rings. The van der Waals surface area contributed by atoms with Crippen LogP contribution in [0, 0.1) is 5.92 Å². The third-order valence-corrected chi connectivity index (χ3v) is 10.7. The second-order valence-electron chi connectivity index (χ2n) is 14.4. The molecule has 3 amide bonds. The molecule has 2 fully saturated rings. The van der Waals surface area contributed by atoms with Crippen molar-refractivity contribution in [2.75, 3.05) is 26.3 Å². The highest BCUT2D eigenvalue weighted by Crippen LogP contribution is 2.31. The maximum absolute atomic E-state index is 14.5. The Hall–Kier alpha value is -4.65. The highest BCUT2D eigenvalue weighted by atomic mass is 16.5. The number of nitrogens with zero attached hydrogens (tertiary/aromatic N) is 3. The number of aromatic amines is 1. The van der Waals surface area contributed by atoms with Crippen LogP contribution >= 0.6 is 0 Å². The van der Waals surface area contributed by atoms with Crippen LogP contribution in [-0.4, -0.2) is 98.4 Å². The minimum atomic E-state index is -1.24. The van der Waals surface area contributed by atoms with E-state index in [1.165, 1.54) is 6.33 Å². The third-order valence-electron chi connectivity index (χ3n) is 10.7. The van der Waals surface area contributed by atoms with Gasteiger partial charge in [-0.15, -0.1) is 0 Å². The fraction of sp³-hybridized carbons (Fsp3) is 0.488. The fourth-order valence-electron chi connectivity index (χ4n) is 7.74. The number of carbonyl (C=O) groups is 3. The van der Waals surface area contributed by atoms with Crippen LogP contribution in [0.25, 0.3) is 10.8 Å². The lowest BCUT2D eigenvalue weighted by Gasteiger charge is -2.33. The van der Waals surface area contributed by atoms with Crippen LogP contribution in [0.1, 0.15) is 74.2 Å². The average molecular weight is 725 g/mol. The highest BCUT2D eigenvalue weighted by molar-refractivity contribution is 5.97. The molecule has 1 aliphatic carbocycles. The molecule has 1 saturated heterocycles. The number of amides is 3. The van der Waals surface area contributed by atoms with Crippen molar-refractivity contribution in [3.8, 4) is 0 Å². The van der Waals surface area contributed by atoms with Crippen LogP contribution in [0.4, 0.5) is 0 Å². The normalized spacial score (nSPS) is 18.1. The molecule has 53 heavy (non-hydrogen) atoms. The first-order chi connectivity index (χ1) is 25.9. The molecule has 2 unspecified atom stereocenters. The summed E-state index contributed by atoms with van der Waals surface area (Å²) in [6.07, 6.45) is 9.08. The summed E-state index contributed by atoms with van der Waals surface area (Å²) < 4.78 is 5.46. The number of H-pyrrole nitrogens is 1. The summed E-state index contributed by atoms with van der Waals surface area (Å²) in [6.45, 7) is 1.78. The lowest BCUT2D eigenvalue weighted by atomic mass is 9.82. The van der Waals surface area contributed by atoms with E-state index in [2.05, 4.69) is 25.6 Å². The monoisotopic (exact) mass is 724 g/mol. The van der Waals surface area contributed by atoms with Gasteiger partial charge in [0.15, 0.2) is 0 Å². The van der Waals surface area contributed by atoms with Gasteiger partial charge in [-0.2, -0.15) is 0 Å². The number of imidazole rings is 1. The number of rotatable bonds is 16. The number of nitrogens with one attached hydrogen (secondary N) is 3. The summed E-state index contributed by atoms with van der Waals surface area (Å²) >= 11 is 0. The molecule has 12 nitrogen and oxygen atoms in total. The smallest absolute Gasteiger partial charge is 0.243 e. The average Bonchev–Trinajstić information content (AvgIpc) is 3.72. The molecule has 6 rings (SSSR count). The maximum atomic E-state index is 14.5. The van der Waals surface area contributed by atoms with Crippen molar-refractivity contribution in [2.24, 2.45) is 5.92 Å². The van der Waals surface area contributed by atoms with Crippen molar-refractivity contribution in [1.29, 1.82) is 0 Å². The van der Waals surface area contributed by atoms with Crippen LogP contribution in [0.5, 0.6) is 0 Å². The molecular formula is C41H52N6O6. The number of aliphatic hydroxyl groups excluding tert-OH is 2. The lowest BCUT2D eigenvalue weighted by Crippen LogP contribution is -2.56. The van der Waals surface area contributed by atoms with E-state index in [9.17, 15) is 24.6 Å². The first-order valence-electron chi connectivity index (χ1n) is 19.0. The molecule has 2 aromatic carbocycles. The molecule has 1 aliphatic heterocycles. The van der Waals surface area contributed by atoms with Gasteiger partial charge < -0.3 is 35.5 Å². The van der Waals surface area contributed by atoms with E-state index in [0.717, 1.165) is 48.6 Å². The van der Waals surface area contributed by atoms with Gasteiger partial charge in [-0.05, 0) is 53.6 Å². The molecule has 2 aromatic heterocycles. The number of morpholine rings is 1. The van der Waals surface area contributed by atoms with Crippen molar-refractivity contribution in [1.82, 2.24) is 30.5 Å². The molecule has 5 N–H and O–H groups in total. The van der Waals surface area contributed by atoms with Gasteiger partial charge in [0.05, 0.1) is 43.3 Å². The Bertz CT molecular complexity index is 1750. The van der Waals surface area contributed by atoms with Crippen LogP contribution < -0.4 is 10.6 Å². The summed E-state index contributed by atoms with van der Waals surface area (Å²) in [5.74, 6) is -1.71. The molecule has 0 radical (unpaired) electrons. The number of hydrogen-bond acceptors (Lipinski definition) is 8. The van der Waals surface area contributed by atoms with Crippen molar-refractivity contribution in [3.63, 3.8) is 0 Å². The number of aromatic nitrogens is 3. The standard InChI is InChI=1S/C41H52N6O6/c48-37(17-16-30-13-6-7-18-43-30)39(50)35(23-28-9-2-1-3-10-28)45-41(52)36(24-31-26-42-27-44-31)46-40(51)34(25-38(49)47-19-21-53-22-20-47)33-15-8-12-29-11-4-5-14-32(29)33/h4-8,11-15,18,26-28,34-37,39,48,50H,1-3,9-10,16-17,19-25H2,(H,42,44)(H,45,52)(H,46,51)/t34?,35-,36?,37-,39+/m0/s1. The predicted molar refractivity (Wildman–Crippen MR) is 201 cm³/mol. The minimum Gasteiger partial charge on any atom is -0.390 e. The van der Waals surface area contributed by atoms with E-state index in [-0.39, 0.29) is 31.1 Å². The van der Waals surface area contributed by atoms with E-state index in [4.69, 9.17) is 4.74 Å². The van der Waals surface area contributed by atoms with Gasteiger partial charge >= 0.3 is 0 Å². The summed E-state index contributed by atoms with van der Waals surface area (Å²) in [7, 11) is 0. The molecule has 5 atom stereocenters. The Kier molecular flexibility index (Phi) is 13.6. The number of pyridine rings is 1. The molecule has 1 saturated carbocycles. The number of carbonyl (C=O) groups excluding carboxylic acids is 3. The van der Waals surface area contributed by atoms with Gasteiger partial charge in [-0.25, -0.2) is 4.98 Å². The van der Waals surface area contributed by atoms with E-state index in [0.29, 0.717) is 50.4 Å². The van der Waals surface area contributed by atoms with Crippen LogP contribution in [0.3, 0.4) is 0 Å². The zero-order valence-electron chi connectivity index (χ0n) is 30.2. The van der Waals surface area contributed by atoms with Gasteiger partial charge in [-0.1, -0.05) is 80.6 Å². The second kappa shape index (κ2) is 18.9. The van der Waals surface area contributed by atoms with Crippen LogP contribution in [0.15, 0.2) is 79.4 Å². The van der Waals surface area contributed by atoms with E-state index >= 15 is 0 Å². The fourth-order valence-corrected chi connectivity index (χ4v) is 7.74. The van der Waals surface area contributed by atoms with Gasteiger partial charge in [0.2, 0.25) is 17.7 Å². The molecule has 0 spiro atoms. The van der Waals surface area contributed by atoms with Gasteiger partial charge in [0.1, 0.15) is 12.1 Å². The van der Waals surface area contributed by atoms with Crippen LogP contribution in [0.2, 0.25) is 0 Å². The van der Waals surface area contributed by atoms with E-state index in [1.807, 2.05) is 60.7 Å². The van der Waals surface area contributed by atoms with Crippen LogP contribution in [-0.2, 0) is 32.0 Å². The zero-order valence-corrected chi connectivity index (χ0v) is 30.2. The number of aliphatic hydroxyl groups is 2. The molecular weight excluding hydrogens is 672 g/mol. The molecule has 3 heterocycles. The van der Waals surface area contributed by atoms with Gasteiger partial charge in [-0.3, -0.25) is 19.4 Å². The summed E-state index contributed by atoms with van der Waals surface area (Å²) in [4.78, 5) is 55.8. The third kappa shape index (κ3) is 10.5. The first-order valence-corrected chi connectivity index (χ1v) is 19.0. The largest absolute Gasteiger partial charge is 0.390 e. The number of ether oxygens (including phenoxy) is 1. The zero-order chi connectivity index (χ0) is 37.0. The Labute approximate surface area is 310 Å². The Morgan fingerprint density at radius 2 is 1.66 bits per heavy atom. The Balaban J connectivity index is 1.24. The van der Waals surface area contributed by atoms with Gasteiger partial charge in [0, 0.05) is 44.0 Å². The van der Waals surface area contributed by atoms with E-state index < -0.39 is 42.0 Å². The summed E-state index contributed by atoms with van der Waals surface area (Å²) in [5.41, 5.74) is 2.07. The summed E-state index contributed by atoms with van der Waals surface area (Å²) in [5, 5.41) is 30.6. The number of hydrogen-bond donors (Lipinski definition) is 5. The number of aryl methyl sites for hydroxylation is 1. The minimum absolute atomic E-state index is 0.0786. The van der Waals surface area contributed by atoms with E-state index in [1.54, 1.807) is 17.3 Å². The first kappa shape index (κ1) is 38.1. The molecule has 4 aromatic rings. The van der Waals surface area contributed by atoms with Crippen molar-refractivity contribution in [2.45, 2.75) is 94.4 Å². The second-order valence-corrected chi connectivity index (χ2v) is 14.4. The van der Waals surface area contributed by atoms with Crippen molar-refractivity contribution in [3.05, 3.63) is 96.3 Å². The Morgan fingerprint density at radius 3 is 2.42 bits per heavy atom. The predicted octanol–water partition coefficient (Wildman–Crippen LogP) is 3.83. The molecule has 0 bridgehead atoms.